The summed E-state index contributed by atoms with van der Waals surface area (Å²) in [5.74, 6) is 2.62. The van der Waals surface area contributed by atoms with Crippen LogP contribution in [-0.4, -0.2) is 22.8 Å². The predicted molar refractivity (Wildman–Crippen MR) is 70.6 cm³/mol. The molecule has 0 bridgehead atoms. The molecule has 1 unspecified atom stereocenters. The summed E-state index contributed by atoms with van der Waals surface area (Å²) in [5, 5.41) is 3.46. The van der Waals surface area contributed by atoms with Crippen molar-refractivity contribution in [3.8, 4) is 11.5 Å². The van der Waals surface area contributed by atoms with E-state index in [4.69, 9.17) is 9.47 Å². The molecular formula is C14H15N3O2. The van der Waals surface area contributed by atoms with Crippen LogP contribution in [0.2, 0.25) is 0 Å². The molecule has 2 aromatic rings. The van der Waals surface area contributed by atoms with Crippen LogP contribution in [0.25, 0.3) is 0 Å². The molecule has 98 valence electrons. The van der Waals surface area contributed by atoms with E-state index in [1.54, 1.807) is 0 Å². The summed E-state index contributed by atoms with van der Waals surface area (Å²) in [6, 6.07) is 6.45. The van der Waals surface area contributed by atoms with Gasteiger partial charge in [-0.3, -0.25) is 0 Å². The summed E-state index contributed by atoms with van der Waals surface area (Å²) in [7, 11) is 0. The lowest BCUT2D eigenvalue weighted by Crippen LogP contribution is -2.22. The lowest BCUT2D eigenvalue weighted by atomic mass is 10.0. The number of aryl methyl sites for hydroxylation is 1. The van der Waals surface area contributed by atoms with E-state index in [9.17, 15) is 0 Å². The zero-order valence-electron chi connectivity index (χ0n) is 10.5. The van der Waals surface area contributed by atoms with E-state index in [2.05, 4.69) is 27.0 Å². The number of hydrogen-bond donors (Lipinski definition) is 1. The van der Waals surface area contributed by atoms with Crippen molar-refractivity contribution < 1.29 is 9.47 Å². The van der Waals surface area contributed by atoms with E-state index in [1.807, 2.05) is 18.5 Å². The van der Waals surface area contributed by atoms with Crippen molar-refractivity contribution in [1.29, 1.82) is 0 Å². The van der Waals surface area contributed by atoms with Gasteiger partial charge in [0, 0.05) is 18.9 Å². The topological polar surface area (TPSA) is 48.3 Å². The fourth-order valence-electron chi connectivity index (χ4n) is 2.65. The Hall–Kier alpha value is -2.17. The molecule has 0 saturated heterocycles. The highest BCUT2D eigenvalue weighted by atomic mass is 16.6. The number of anilines is 1. The number of ether oxygens (including phenoxy) is 2. The first-order valence-electron chi connectivity index (χ1n) is 6.57. The van der Waals surface area contributed by atoms with Crippen LogP contribution in [0.1, 0.15) is 18.0 Å². The van der Waals surface area contributed by atoms with Crippen molar-refractivity contribution in [3.05, 3.63) is 36.2 Å². The Balaban J connectivity index is 1.63. The smallest absolute Gasteiger partial charge is 0.203 e. The maximum absolute atomic E-state index is 5.64. The second-order valence-corrected chi connectivity index (χ2v) is 4.83. The number of rotatable bonds is 1. The fraction of sp³-hybridized carbons (Fsp3) is 0.357. The number of fused-ring (bicyclic) bond motifs is 2. The number of nitrogens with zero attached hydrogens (tertiary/aromatic N) is 2. The Morgan fingerprint density at radius 2 is 2.11 bits per heavy atom. The molecule has 3 heterocycles. The monoisotopic (exact) mass is 257 g/mol. The van der Waals surface area contributed by atoms with Gasteiger partial charge in [-0.2, -0.15) is 0 Å². The first kappa shape index (κ1) is 10.7. The third kappa shape index (κ3) is 1.82. The molecule has 2 aliphatic rings. The van der Waals surface area contributed by atoms with Gasteiger partial charge in [0.25, 0.3) is 0 Å². The van der Waals surface area contributed by atoms with E-state index in [-0.39, 0.29) is 6.04 Å². The van der Waals surface area contributed by atoms with Gasteiger partial charge in [-0.15, -0.1) is 0 Å². The number of benzene rings is 1. The molecule has 0 radical (unpaired) electrons. The molecule has 1 atom stereocenters. The zero-order valence-corrected chi connectivity index (χ0v) is 10.5. The molecule has 5 heteroatoms. The third-order valence-corrected chi connectivity index (χ3v) is 3.65. The van der Waals surface area contributed by atoms with Crippen molar-refractivity contribution in [3.63, 3.8) is 0 Å². The fourth-order valence-corrected chi connectivity index (χ4v) is 2.65. The van der Waals surface area contributed by atoms with Gasteiger partial charge in [0.15, 0.2) is 11.5 Å². The molecule has 0 aliphatic carbocycles. The first-order valence-corrected chi connectivity index (χ1v) is 6.57. The molecular weight excluding hydrogens is 242 g/mol. The van der Waals surface area contributed by atoms with Crippen LogP contribution in [0.3, 0.4) is 0 Å². The van der Waals surface area contributed by atoms with Gasteiger partial charge in [-0.25, -0.2) is 4.98 Å². The van der Waals surface area contributed by atoms with Gasteiger partial charge in [0.1, 0.15) is 13.2 Å². The van der Waals surface area contributed by atoms with Gasteiger partial charge >= 0.3 is 0 Å². The second-order valence-electron chi connectivity index (χ2n) is 4.83. The summed E-state index contributed by atoms with van der Waals surface area (Å²) in [5.41, 5.74) is 1.22. The normalized spacial score (nSPS) is 20.5. The molecule has 4 rings (SSSR count). The molecule has 0 spiro atoms. The average Bonchev–Trinajstić information content (AvgIpc) is 2.94. The van der Waals surface area contributed by atoms with Crippen LogP contribution in [-0.2, 0) is 6.54 Å². The van der Waals surface area contributed by atoms with Gasteiger partial charge in [-0.1, -0.05) is 6.07 Å². The molecule has 5 nitrogen and oxygen atoms in total. The van der Waals surface area contributed by atoms with Gasteiger partial charge in [0.05, 0.1) is 6.04 Å². The highest BCUT2D eigenvalue weighted by molar-refractivity contribution is 5.46. The Bertz CT molecular complexity index is 608. The minimum atomic E-state index is 0.283. The van der Waals surface area contributed by atoms with E-state index in [0.29, 0.717) is 13.2 Å². The van der Waals surface area contributed by atoms with E-state index >= 15 is 0 Å². The summed E-state index contributed by atoms with van der Waals surface area (Å²) in [4.78, 5) is 4.32. The van der Waals surface area contributed by atoms with E-state index in [0.717, 1.165) is 30.4 Å². The van der Waals surface area contributed by atoms with E-state index < -0.39 is 0 Å². The third-order valence-electron chi connectivity index (χ3n) is 3.65. The lowest BCUT2D eigenvalue weighted by molar-refractivity contribution is 0.171. The second kappa shape index (κ2) is 4.19. The van der Waals surface area contributed by atoms with Crippen LogP contribution >= 0.6 is 0 Å². The summed E-state index contributed by atoms with van der Waals surface area (Å²) >= 11 is 0. The standard InChI is InChI=1S/C14H15N3O2/c1-2-12-13(19-8-7-18-12)9-10(1)11-3-5-17-6-4-15-14(17)16-11/h1-2,4,6,9,11H,3,5,7-8H2,(H,15,16). The van der Waals surface area contributed by atoms with Crippen molar-refractivity contribution in [2.24, 2.45) is 0 Å². The van der Waals surface area contributed by atoms with Gasteiger partial charge < -0.3 is 19.4 Å². The average molecular weight is 257 g/mol. The Labute approximate surface area is 111 Å². The van der Waals surface area contributed by atoms with Crippen molar-refractivity contribution in [2.45, 2.75) is 19.0 Å². The maximum atomic E-state index is 5.64. The highest BCUT2D eigenvalue weighted by Crippen LogP contribution is 2.35. The van der Waals surface area contributed by atoms with E-state index in [1.165, 1.54) is 5.56 Å². The first-order chi connectivity index (χ1) is 9.40. The molecule has 1 aromatic heterocycles. The molecule has 19 heavy (non-hydrogen) atoms. The van der Waals surface area contributed by atoms with Crippen molar-refractivity contribution in [2.75, 3.05) is 18.5 Å². The SMILES string of the molecule is c1cn2c(n1)NC(c1ccc3c(c1)OCCO3)CC2. The number of aromatic nitrogens is 2. The quantitative estimate of drug-likeness (QED) is 0.851. The minimum absolute atomic E-state index is 0.283. The minimum Gasteiger partial charge on any atom is -0.486 e. The molecule has 1 aromatic carbocycles. The Morgan fingerprint density at radius 1 is 1.21 bits per heavy atom. The summed E-state index contributed by atoms with van der Waals surface area (Å²) in [6.07, 6.45) is 4.87. The largest absolute Gasteiger partial charge is 0.486 e. The van der Waals surface area contributed by atoms with Gasteiger partial charge in [0.2, 0.25) is 5.95 Å². The summed E-state index contributed by atoms with van der Waals surface area (Å²) in [6.45, 7) is 2.24. The molecule has 0 amide bonds. The number of hydrogen-bond acceptors (Lipinski definition) is 4. The van der Waals surface area contributed by atoms with Crippen LogP contribution < -0.4 is 14.8 Å². The molecule has 0 fully saturated rings. The molecule has 2 aliphatic heterocycles. The highest BCUT2D eigenvalue weighted by Gasteiger charge is 2.21. The zero-order chi connectivity index (χ0) is 12.7. The van der Waals surface area contributed by atoms with Crippen molar-refractivity contribution in [1.82, 2.24) is 9.55 Å². The maximum Gasteiger partial charge on any atom is 0.203 e. The Morgan fingerprint density at radius 3 is 3.05 bits per heavy atom. The predicted octanol–water partition coefficient (Wildman–Crippen LogP) is 2.21. The lowest BCUT2D eigenvalue weighted by Gasteiger charge is -2.27. The van der Waals surface area contributed by atoms with Crippen LogP contribution in [0.4, 0.5) is 5.95 Å². The Kier molecular flexibility index (Phi) is 2.36. The van der Waals surface area contributed by atoms with Crippen molar-refractivity contribution >= 4 is 5.95 Å². The summed E-state index contributed by atoms with van der Waals surface area (Å²) < 4.78 is 13.3. The van der Waals surface area contributed by atoms with Crippen LogP contribution in [0.5, 0.6) is 11.5 Å². The number of imidazole rings is 1. The van der Waals surface area contributed by atoms with Gasteiger partial charge in [-0.05, 0) is 24.1 Å². The van der Waals surface area contributed by atoms with Crippen LogP contribution in [0, 0.1) is 0 Å². The van der Waals surface area contributed by atoms with Crippen LogP contribution in [0.15, 0.2) is 30.6 Å². The molecule has 1 N–H and O–H groups in total. The molecule has 0 saturated carbocycles. The number of nitrogens with one attached hydrogen (secondary N) is 1.